The fourth-order valence-corrected chi connectivity index (χ4v) is 3.59. The van der Waals surface area contributed by atoms with Crippen molar-refractivity contribution in [1.29, 1.82) is 0 Å². The first-order valence-corrected chi connectivity index (χ1v) is 9.38. The van der Waals surface area contributed by atoms with Gasteiger partial charge in [-0.05, 0) is 28.8 Å². The molecule has 0 unspecified atom stereocenters. The van der Waals surface area contributed by atoms with E-state index in [1.165, 1.54) is 16.7 Å². The first-order valence-electron chi connectivity index (χ1n) is 9.38. The number of hydrogen-bond donors (Lipinski definition) is 0. The molecule has 152 valence electrons. The fourth-order valence-electron chi connectivity index (χ4n) is 3.59. The Balaban J connectivity index is 0.000000514. The second-order valence-electron chi connectivity index (χ2n) is 6.56. The molecule has 4 rings (SSSR count). The number of benzene rings is 3. The van der Waals surface area contributed by atoms with E-state index in [1.807, 2.05) is 12.3 Å². The smallest absolute Gasteiger partial charge is 0.418 e. The van der Waals surface area contributed by atoms with Gasteiger partial charge < -0.3 is 17.3 Å². The molecule has 0 fully saturated rings. The molecule has 0 saturated heterocycles. The van der Waals surface area contributed by atoms with E-state index < -0.39 is 12.7 Å². The minimum Gasteiger partial charge on any atom is -0.418 e. The molecule has 1 heterocycles. The largest absolute Gasteiger partial charge is 1.00 e. The van der Waals surface area contributed by atoms with Crippen molar-refractivity contribution in [2.45, 2.75) is 5.41 Å². The lowest BCUT2D eigenvalue weighted by atomic mass is 9.67. The molecule has 0 saturated carbocycles. The predicted octanol–water partition coefficient (Wildman–Crippen LogP) is 6.88. The van der Waals surface area contributed by atoms with Crippen molar-refractivity contribution < 1.29 is 18.7 Å². The van der Waals surface area contributed by atoms with Crippen LogP contribution in [0.5, 0.6) is 0 Å². The second-order valence-corrected chi connectivity index (χ2v) is 6.56. The standard InChI is InChI=1S/C24H19N.BF4/c1-4-12-20(13-5-1)24(21-14-6-2-7-15-21,22-16-8-3-9-17-22)23-18-10-11-19-25-23;2-1(3,4)5/h1-19H;/q;-1/p+1. The summed E-state index contributed by atoms with van der Waals surface area (Å²) in [5.74, 6) is 0. The minimum atomic E-state index is -6.00. The van der Waals surface area contributed by atoms with Gasteiger partial charge in [0.2, 0.25) is 0 Å². The molecule has 3 aromatic carbocycles. The summed E-state index contributed by atoms with van der Waals surface area (Å²) < 4.78 is 39.0. The lowest BCUT2D eigenvalue weighted by molar-refractivity contribution is 0.368. The lowest BCUT2D eigenvalue weighted by Gasteiger charge is -2.35. The van der Waals surface area contributed by atoms with E-state index in [0.29, 0.717) is 0 Å². The van der Waals surface area contributed by atoms with Gasteiger partial charge in [-0.15, -0.1) is 0 Å². The van der Waals surface area contributed by atoms with Crippen LogP contribution in [0.4, 0.5) is 17.3 Å². The Morgan fingerprint density at radius 2 is 0.867 bits per heavy atom. The molecule has 0 N–H and O–H groups in total. The molecule has 30 heavy (non-hydrogen) atoms. The van der Waals surface area contributed by atoms with E-state index in [2.05, 4.69) is 103 Å². The topological polar surface area (TPSA) is 12.9 Å². The molecule has 0 radical (unpaired) electrons. The molecule has 1 nitrogen and oxygen atoms in total. The highest BCUT2D eigenvalue weighted by Gasteiger charge is 2.39. The van der Waals surface area contributed by atoms with Crippen molar-refractivity contribution in [2.75, 3.05) is 0 Å². The van der Waals surface area contributed by atoms with Crippen molar-refractivity contribution in [3.05, 3.63) is 138 Å². The van der Waals surface area contributed by atoms with Gasteiger partial charge in [-0.1, -0.05) is 97.1 Å². The summed E-state index contributed by atoms with van der Waals surface area (Å²) in [5, 5.41) is 0. The van der Waals surface area contributed by atoms with Crippen LogP contribution in [0.2, 0.25) is 0 Å². The highest BCUT2D eigenvalue weighted by molar-refractivity contribution is 6.50. The van der Waals surface area contributed by atoms with E-state index in [9.17, 15) is 17.3 Å². The molecule has 0 aliphatic heterocycles. The van der Waals surface area contributed by atoms with Gasteiger partial charge in [0.15, 0.2) is 0 Å². The molecule has 0 bridgehead atoms. The molecule has 1 aromatic heterocycles. The Morgan fingerprint density at radius 3 is 1.17 bits per heavy atom. The van der Waals surface area contributed by atoms with Crippen LogP contribution < -0.4 is 0 Å². The van der Waals surface area contributed by atoms with Crippen LogP contribution in [0.25, 0.3) is 0 Å². The van der Waals surface area contributed by atoms with Crippen molar-refractivity contribution in [1.82, 2.24) is 4.98 Å². The zero-order valence-electron chi connectivity index (χ0n) is 17.0. The Morgan fingerprint density at radius 1 is 0.533 bits per heavy atom. The molecule has 0 aliphatic rings. The third kappa shape index (κ3) is 4.95. The Bertz CT molecular complexity index is 861. The molecule has 0 aliphatic carbocycles. The van der Waals surface area contributed by atoms with Crippen LogP contribution in [0, 0.1) is 0 Å². The highest BCUT2D eigenvalue weighted by Crippen LogP contribution is 2.43. The van der Waals surface area contributed by atoms with Crippen LogP contribution in [0.3, 0.4) is 0 Å². The third-order valence-electron chi connectivity index (χ3n) is 4.67. The number of nitrogens with zero attached hydrogens (tertiary/aromatic N) is 1. The quantitative estimate of drug-likeness (QED) is 0.204. The lowest BCUT2D eigenvalue weighted by Crippen LogP contribution is -2.31. The van der Waals surface area contributed by atoms with Crippen molar-refractivity contribution >= 4 is 7.25 Å². The number of halogens is 4. The van der Waals surface area contributed by atoms with Crippen LogP contribution in [0.15, 0.2) is 115 Å². The summed E-state index contributed by atoms with van der Waals surface area (Å²) >= 11 is 0. The molecule has 0 atom stereocenters. The van der Waals surface area contributed by atoms with Crippen LogP contribution >= 0.6 is 0 Å². The van der Waals surface area contributed by atoms with E-state index in [-0.39, 0.29) is 1.43 Å². The van der Waals surface area contributed by atoms with E-state index in [0.717, 1.165) is 5.69 Å². The summed E-state index contributed by atoms with van der Waals surface area (Å²) in [4.78, 5) is 4.78. The number of hydrogen-bond acceptors (Lipinski definition) is 1. The van der Waals surface area contributed by atoms with Gasteiger partial charge in [0, 0.05) is 6.20 Å². The van der Waals surface area contributed by atoms with Crippen LogP contribution in [-0.4, -0.2) is 12.2 Å². The molecule has 0 amide bonds. The van der Waals surface area contributed by atoms with Gasteiger partial charge in [0.1, 0.15) is 0 Å². The second kappa shape index (κ2) is 9.40. The predicted molar refractivity (Wildman–Crippen MR) is 114 cm³/mol. The summed E-state index contributed by atoms with van der Waals surface area (Å²) in [6, 6.07) is 38.0. The Kier molecular flexibility index (Phi) is 6.67. The van der Waals surface area contributed by atoms with Gasteiger partial charge in [-0.25, -0.2) is 0 Å². The molecule has 6 heteroatoms. The van der Waals surface area contributed by atoms with Crippen LogP contribution in [-0.2, 0) is 5.41 Å². The summed E-state index contributed by atoms with van der Waals surface area (Å²) in [7, 11) is -6.00. The Hall–Kier alpha value is -3.41. The van der Waals surface area contributed by atoms with Crippen molar-refractivity contribution in [3.63, 3.8) is 0 Å². The maximum atomic E-state index is 9.75. The summed E-state index contributed by atoms with van der Waals surface area (Å²) in [6.07, 6.45) is 1.87. The zero-order valence-corrected chi connectivity index (χ0v) is 16.0. The SMILES string of the molecule is F[B-](F)(F)F.[H+].c1ccc(C(c2ccccc2)(c2ccccc2)c2ccccn2)cc1. The molecule has 4 aromatic rings. The summed E-state index contributed by atoms with van der Waals surface area (Å²) in [5.41, 5.74) is 4.23. The van der Waals surface area contributed by atoms with Crippen molar-refractivity contribution in [2.24, 2.45) is 0 Å². The van der Waals surface area contributed by atoms with Gasteiger partial charge in [-0.2, -0.15) is 0 Å². The number of pyridine rings is 1. The fraction of sp³-hybridized carbons (Fsp3) is 0.0417. The van der Waals surface area contributed by atoms with Gasteiger partial charge in [0.25, 0.3) is 0 Å². The van der Waals surface area contributed by atoms with E-state index >= 15 is 0 Å². The first-order chi connectivity index (χ1) is 14.4. The first kappa shape index (κ1) is 21.3. The van der Waals surface area contributed by atoms with Gasteiger partial charge >= 0.3 is 8.68 Å². The Labute approximate surface area is 174 Å². The van der Waals surface area contributed by atoms with Gasteiger partial charge in [0.05, 0.1) is 11.1 Å². The zero-order chi connectivity index (χ0) is 21.5. The maximum absolute atomic E-state index is 9.75. The van der Waals surface area contributed by atoms with Crippen molar-refractivity contribution in [3.8, 4) is 0 Å². The average Bonchev–Trinajstić information content (AvgIpc) is 2.76. The van der Waals surface area contributed by atoms with E-state index in [4.69, 9.17) is 4.98 Å². The minimum absolute atomic E-state index is 0. The van der Waals surface area contributed by atoms with Gasteiger partial charge in [-0.3, -0.25) is 4.98 Å². The molecular weight excluding hydrogens is 389 g/mol. The normalized spacial score (nSPS) is 11.3. The number of rotatable bonds is 4. The average molecular weight is 409 g/mol. The summed E-state index contributed by atoms with van der Waals surface area (Å²) in [6.45, 7) is 0. The molecule has 0 spiro atoms. The maximum Gasteiger partial charge on any atom is 1.00 e. The number of aromatic nitrogens is 1. The van der Waals surface area contributed by atoms with E-state index in [1.54, 1.807) is 0 Å². The molecular formula is C24H20BF4N. The highest BCUT2D eigenvalue weighted by atomic mass is 19.5. The van der Waals surface area contributed by atoms with Crippen LogP contribution in [0.1, 0.15) is 23.8 Å². The monoisotopic (exact) mass is 409 g/mol. The third-order valence-corrected chi connectivity index (χ3v) is 4.67.